The maximum absolute atomic E-state index is 14.5. The van der Waals surface area contributed by atoms with E-state index in [9.17, 15) is 55.2 Å². The van der Waals surface area contributed by atoms with Crippen LogP contribution in [0.3, 0.4) is 0 Å². The van der Waals surface area contributed by atoms with Crippen molar-refractivity contribution in [2.75, 3.05) is 13.1 Å². The molecule has 41 heteroatoms. The van der Waals surface area contributed by atoms with E-state index in [2.05, 4.69) is 96.4 Å². The molecule has 6 saturated carbocycles. The summed E-state index contributed by atoms with van der Waals surface area (Å²) in [6.45, 7) is 18.0. The third-order valence-corrected chi connectivity index (χ3v) is 25.6. The van der Waals surface area contributed by atoms with Crippen LogP contribution in [-0.2, 0) is 58.3 Å². The summed E-state index contributed by atoms with van der Waals surface area (Å²) in [6, 6.07) is -1.82. The summed E-state index contributed by atoms with van der Waals surface area (Å²) in [5.41, 5.74) is -1.52. The Morgan fingerprint density at radius 1 is 0.638 bits per heavy atom. The second-order valence-corrected chi connectivity index (χ2v) is 37.6. The highest BCUT2D eigenvalue weighted by atomic mass is 35.5. The van der Waals surface area contributed by atoms with Gasteiger partial charge in [-0.1, -0.05) is 99.6 Å². The molecule has 8 aliphatic rings. The predicted molar refractivity (Wildman–Crippen MR) is 388 cm³/mol. The van der Waals surface area contributed by atoms with Gasteiger partial charge in [0.15, 0.2) is 13.5 Å². The predicted octanol–water partition coefficient (Wildman–Crippen LogP) is 7.32. The highest BCUT2D eigenvalue weighted by Crippen LogP contribution is 2.47. The van der Waals surface area contributed by atoms with Crippen molar-refractivity contribution < 1.29 is 74.1 Å². The molecule has 2 aliphatic heterocycles. The first-order chi connectivity index (χ1) is 49.5. The number of nitrogens with zero attached hydrogens (tertiary/aromatic N) is 9. The van der Waals surface area contributed by atoms with Gasteiger partial charge in [0.25, 0.3) is 11.8 Å². The number of halogens is 3. The Balaban J connectivity index is 0.000000209. The van der Waals surface area contributed by atoms with Crippen molar-refractivity contribution in [2.45, 2.75) is 224 Å². The van der Waals surface area contributed by atoms with Gasteiger partial charge in [0.2, 0.25) is 60.7 Å². The van der Waals surface area contributed by atoms with Crippen LogP contribution in [0.2, 0.25) is 15.6 Å². The summed E-state index contributed by atoms with van der Waals surface area (Å²) in [7, 11) is -7.80. The van der Waals surface area contributed by atoms with Gasteiger partial charge in [0.05, 0.1) is 23.6 Å². The molecule has 0 bridgehead atoms. The van der Waals surface area contributed by atoms with Gasteiger partial charge < -0.3 is 50.0 Å². The van der Waals surface area contributed by atoms with E-state index in [1.165, 1.54) is 56.8 Å². The minimum Gasteiger partial charge on any atom is -0.472 e. The molecule has 10 atom stereocenters. The molecular formula is C64H83Cl3N16O16S6. The Bertz CT molecular complexity index is 4190. The summed E-state index contributed by atoms with van der Waals surface area (Å²) in [5, 5.41) is 23.8. The van der Waals surface area contributed by atoms with Gasteiger partial charge in [0.1, 0.15) is 81.0 Å². The van der Waals surface area contributed by atoms with Crippen molar-refractivity contribution in [2.24, 2.45) is 22.7 Å². The van der Waals surface area contributed by atoms with E-state index in [0.717, 1.165) is 67.1 Å². The third-order valence-electron chi connectivity index (χ3n) is 18.9. The number of hydrogen-bond donors (Lipinski definition) is 7. The van der Waals surface area contributed by atoms with E-state index < -0.39 is 148 Å². The van der Waals surface area contributed by atoms with Crippen LogP contribution in [0.5, 0.6) is 11.8 Å². The van der Waals surface area contributed by atoms with Gasteiger partial charge >= 0.3 is 12.2 Å². The smallest absolute Gasteiger partial charge is 0.408 e. The fraction of sp³-hybridized carbons (Fsp3) is 0.625. The van der Waals surface area contributed by atoms with Gasteiger partial charge in [-0.05, 0) is 136 Å². The number of aromatic nitrogens is 8. The molecule has 6 aliphatic carbocycles. The fourth-order valence-corrected chi connectivity index (χ4v) is 17.9. The second kappa shape index (κ2) is 33.3. The second-order valence-electron chi connectivity index (χ2n) is 29.0. The number of alkyl carbamates (subject to hydrolysis) is 2. The first kappa shape index (κ1) is 80.6. The van der Waals surface area contributed by atoms with Crippen molar-refractivity contribution in [1.29, 1.82) is 0 Å². The summed E-state index contributed by atoms with van der Waals surface area (Å²) >= 11 is 26.7. The molecule has 6 heterocycles. The molecule has 4 aromatic heterocycles. The van der Waals surface area contributed by atoms with Gasteiger partial charge in [0, 0.05) is 36.8 Å². The molecule has 32 nitrogen and oxygen atoms in total. The molecule has 0 unspecified atom stereocenters. The number of likely N-dealkylation sites (tertiary alicyclic amines) is 2. The number of nitrogens with one attached hydrogen (secondary N) is 7. The monoisotopic (exact) mass is 1630 g/mol. The zero-order chi connectivity index (χ0) is 76.1. The van der Waals surface area contributed by atoms with Gasteiger partial charge in [-0.25, -0.2) is 36.4 Å². The minimum absolute atomic E-state index is 0.0224. The number of carbonyl (C=O) groups is 8. The molecule has 0 radical (unpaired) electrons. The van der Waals surface area contributed by atoms with E-state index in [1.807, 2.05) is 0 Å². The highest BCUT2D eigenvalue weighted by Gasteiger charge is 2.64. The zero-order valence-electron chi connectivity index (χ0n) is 58.2. The van der Waals surface area contributed by atoms with E-state index in [0.29, 0.717) is 30.0 Å². The average molecular weight is 1630 g/mol. The van der Waals surface area contributed by atoms with Gasteiger partial charge in [-0.15, -0.1) is 23.4 Å². The minimum atomic E-state index is -3.91. The third kappa shape index (κ3) is 20.9. The number of hydrogen-bond acceptors (Lipinski definition) is 27. The van der Waals surface area contributed by atoms with Crippen molar-refractivity contribution in [3.63, 3.8) is 0 Å². The van der Waals surface area contributed by atoms with Crippen molar-refractivity contribution in [3.05, 3.63) is 68.0 Å². The normalized spacial score (nSPS) is 24.9. The van der Waals surface area contributed by atoms with Crippen LogP contribution in [0.15, 0.2) is 58.0 Å². The topological polar surface area (TPSA) is 426 Å². The maximum atomic E-state index is 14.5. The van der Waals surface area contributed by atoms with Crippen LogP contribution in [-0.4, -0.2) is 198 Å². The molecule has 8 amide bonds. The SMILES string of the molecule is C=C[C@@H]1C[C@]1(NC(=O)[C@@H]1C[C@@H](Oc2cc(Cl)nc(Cl)n2)CN1C(=O)[C@@H](NC(=O)OC1CCCC1)C(C)(C)C)C(=O)NS(=O)(=O)C1CC1.C=C[C@@H]1C[C@]1(NC(=O)[C@@H]1C[C@@H](Oc2cc(Cl)nc(Sc3nncs3)n2)CN1C(=O)[C@@H](NC(=O)OC1CCCC1)C(C)(C)C)C(=O)NS(=O)(=O)C1CC1.S=c1[nH]ncs1. The molecule has 0 spiro atoms. The summed E-state index contributed by atoms with van der Waals surface area (Å²) in [4.78, 5) is 129. The number of H-pyrrole nitrogens is 1. The standard InChI is InChI=1S/C32H41ClN8O8S3.C30H40Cl2N6O8S.C2H2N2S2/c1-5-17-14-32(17,27(44)40-52(46,47)20-10-11-20)38-25(42)21-12-19(48-23-13-22(33)35-28(36-23)51-30-39-34-16-50-30)15-41(21)26(43)24(31(2,3)4)37-29(45)49-18-8-6-7-9-18;1-5-16-14-30(16,26(41)37-47(43,44)19-10-11-19)36-24(39)20-12-18(45-22-13-21(31)33-27(32)34-22)15-38(20)25(40)23(29(2,3)4)35-28(42)46-17-8-6-7-9-17;5-2-4-3-1-6-2/h5,13,16-21,24H,1,6-12,14-15H2,2-4H3,(H,37,45)(H,38,42)(H,40,44);5,13,16-20,23H,1,6-12,14-15H2,2-4H3,(H,35,42)(H,36,39)(H,37,41);1H,(H,4,5)/t17-,19-,21+,24-,32-;16-,18-,20+,23-,30-;/m11./s1. The quantitative estimate of drug-likeness (QED) is 0.0156. The number of aromatic amines is 1. The Hall–Kier alpha value is -6.94. The maximum Gasteiger partial charge on any atom is 0.408 e. The Morgan fingerprint density at radius 3 is 1.43 bits per heavy atom. The zero-order valence-corrected chi connectivity index (χ0v) is 65.3. The summed E-state index contributed by atoms with van der Waals surface area (Å²) in [6.07, 6.45) is 8.23. The molecule has 2 saturated heterocycles. The molecule has 7 N–H and O–H groups in total. The van der Waals surface area contributed by atoms with Crippen LogP contribution in [0.1, 0.15) is 144 Å². The molecule has 0 aromatic carbocycles. The fourth-order valence-electron chi connectivity index (χ4n) is 12.8. The molecular weight excluding hydrogens is 1550 g/mol. The number of ether oxygens (including phenoxy) is 4. The summed E-state index contributed by atoms with van der Waals surface area (Å²) < 4.78 is 79.4. The lowest BCUT2D eigenvalue weighted by atomic mass is 9.85. The first-order valence-electron chi connectivity index (χ1n) is 34.1. The van der Waals surface area contributed by atoms with Crippen LogP contribution < -0.4 is 40.2 Å². The van der Waals surface area contributed by atoms with Crippen LogP contribution >= 0.6 is 81.5 Å². The number of sulfonamides is 2. The highest BCUT2D eigenvalue weighted by molar-refractivity contribution is 8.00. The molecule has 572 valence electrons. The molecule has 4 aromatic rings. The van der Waals surface area contributed by atoms with E-state index in [4.69, 9.17) is 53.8 Å². The lowest BCUT2D eigenvalue weighted by Gasteiger charge is -2.35. The van der Waals surface area contributed by atoms with E-state index >= 15 is 0 Å². The molecule has 8 fully saturated rings. The van der Waals surface area contributed by atoms with E-state index in [1.54, 1.807) is 52.6 Å². The lowest BCUT2D eigenvalue weighted by Crippen LogP contribution is -2.60. The van der Waals surface area contributed by atoms with Crippen molar-refractivity contribution in [1.82, 2.24) is 80.8 Å². The number of carbonyl (C=O) groups excluding carboxylic acids is 8. The Morgan fingerprint density at radius 2 is 1.08 bits per heavy atom. The lowest BCUT2D eigenvalue weighted by molar-refractivity contribution is -0.143. The number of rotatable bonds is 24. The van der Waals surface area contributed by atoms with Crippen LogP contribution in [0.25, 0.3) is 0 Å². The van der Waals surface area contributed by atoms with Gasteiger partial charge in [-0.2, -0.15) is 15.1 Å². The average Bonchev–Trinajstić information content (AvgIpc) is 1.58. The Labute approximate surface area is 639 Å². The van der Waals surface area contributed by atoms with E-state index in [-0.39, 0.29) is 83.5 Å². The van der Waals surface area contributed by atoms with Crippen LogP contribution in [0.4, 0.5) is 9.59 Å². The first-order valence-corrected chi connectivity index (χ1v) is 41.3. The molecule has 12 rings (SSSR count). The number of amides is 8. The van der Waals surface area contributed by atoms with Crippen LogP contribution in [0, 0.1) is 26.6 Å². The van der Waals surface area contributed by atoms with Gasteiger partial charge in [-0.3, -0.25) is 43.3 Å². The largest absolute Gasteiger partial charge is 0.472 e. The molecule has 105 heavy (non-hydrogen) atoms. The van der Waals surface area contributed by atoms with Crippen molar-refractivity contribution >= 4 is 149 Å². The summed E-state index contributed by atoms with van der Waals surface area (Å²) in [5.74, 6) is -5.21. The van der Waals surface area contributed by atoms with Crippen molar-refractivity contribution in [3.8, 4) is 11.8 Å². The Kier molecular flexibility index (Phi) is 25.5.